The van der Waals surface area contributed by atoms with Crippen LogP contribution in [0.25, 0.3) is 0 Å². The van der Waals surface area contributed by atoms with Crippen LogP contribution in [0, 0.1) is 12.8 Å². The third kappa shape index (κ3) is 5.47. The summed E-state index contributed by atoms with van der Waals surface area (Å²) in [4.78, 5) is 39.3. The molecule has 2 aromatic carbocycles. The largest absolute Gasteiger partial charge is 0.354 e. The van der Waals surface area contributed by atoms with E-state index in [-0.39, 0.29) is 29.7 Å². The number of likely N-dealkylation sites (tertiary alicyclic amines) is 1. The maximum atomic E-state index is 12.9. The zero-order chi connectivity index (χ0) is 21.7. The average molecular weight is 408 g/mol. The van der Waals surface area contributed by atoms with E-state index in [0.29, 0.717) is 29.9 Å². The maximum Gasteiger partial charge on any atom is 0.255 e. The van der Waals surface area contributed by atoms with Gasteiger partial charge in [-0.2, -0.15) is 0 Å². The number of rotatable bonds is 5. The van der Waals surface area contributed by atoms with E-state index >= 15 is 0 Å². The lowest BCUT2D eigenvalue weighted by Crippen LogP contribution is -2.46. The SMILES string of the molecule is Cc1ccc(C(=O)Nc2ccc(C(=O)N3CCCC(C(=O)NC(C)C)C3)cc2)cc1. The number of anilines is 1. The number of carbonyl (C=O) groups excluding carboxylic acids is 3. The van der Waals surface area contributed by atoms with E-state index in [2.05, 4.69) is 10.6 Å². The van der Waals surface area contributed by atoms with E-state index in [1.165, 1.54) is 0 Å². The Hall–Kier alpha value is -3.15. The maximum absolute atomic E-state index is 12.9. The molecule has 3 rings (SSSR count). The van der Waals surface area contributed by atoms with Gasteiger partial charge in [0.1, 0.15) is 0 Å². The van der Waals surface area contributed by atoms with E-state index in [9.17, 15) is 14.4 Å². The molecule has 1 aliphatic heterocycles. The Morgan fingerprint density at radius 3 is 2.23 bits per heavy atom. The number of nitrogens with one attached hydrogen (secondary N) is 2. The lowest BCUT2D eigenvalue weighted by atomic mass is 9.96. The molecule has 2 N–H and O–H groups in total. The Balaban J connectivity index is 1.61. The van der Waals surface area contributed by atoms with Gasteiger partial charge in [-0.05, 0) is 70.0 Å². The monoisotopic (exact) mass is 407 g/mol. The molecular formula is C24H29N3O3. The second-order valence-electron chi connectivity index (χ2n) is 8.15. The number of benzene rings is 2. The summed E-state index contributed by atoms with van der Waals surface area (Å²) in [6.07, 6.45) is 1.61. The molecule has 158 valence electrons. The number of aryl methyl sites for hydroxylation is 1. The second-order valence-corrected chi connectivity index (χ2v) is 8.15. The summed E-state index contributed by atoms with van der Waals surface area (Å²) >= 11 is 0. The molecule has 0 bridgehead atoms. The van der Waals surface area contributed by atoms with Crippen molar-refractivity contribution in [1.29, 1.82) is 0 Å². The van der Waals surface area contributed by atoms with Gasteiger partial charge in [-0.15, -0.1) is 0 Å². The molecule has 1 aliphatic rings. The van der Waals surface area contributed by atoms with Crippen LogP contribution in [0.5, 0.6) is 0 Å². The first kappa shape index (κ1) is 21.6. The fourth-order valence-corrected chi connectivity index (χ4v) is 3.56. The zero-order valence-corrected chi connectivity index (χ0v) is 17.8. The van der Waals surface area contributed by atoms with Crippen molar-refractivity contribution in [1.82, 2.24) is 10.2 Å². The fraction of sp³-hybridized carbons (Fsp3) is 0.375. The summed E-state index contributed by atoms with van der Waals surface area (Å²) in [5, 5.41) is 5.78. The number of amides is 3. The molecule has 0 radical (unpaired) electrons. The van der Waals surface area contributed by atoms with Gasteiger partial charge in [-0.25, -0.2) is 0 Å². The Bertz CT molecular complexity index is 904. The van der Waals surface area contributed by atoms with Crippen LogP contribution in [-0.2, 0) is 4.79 Å². The molecule has 6 nitrogen and oxygen atoms in total. The Kier molecular flexibility index (Phi) is 6.87. The van der Waals surface area contributed by atoms with E-state index in [0.717, 1.165) is 18.4 Å². The van der Waals surface area contributed by atoms with Crippen molar-refractivity contribution in [2.45, 2.75) is 39.7 Å². The highest BCUT2D eigenvalue weighted by atomic mass is 16.2. The van der Waals surface area contributed by atoms with Crippen molar-refractivity contribution < 1.29 is 14.4 Å². The fourth-order valence-electron chi connectivity index (χ4n) is 3.56. The first-order valence-electron chi connectivity index (χ1n) is 10.4. The Morgan fingerprint density at radius 2 is 1.60 bits per heavy atom. The number of carbonyl (C=O) groups is 3. The van der Waals surface area contributed by atoms with Gasteiger partial charge in [0.2, 0.25) is 5.91 Å². The Labute approximate surface area is 177 Å². The predicted octanol–water partition coefficient (Wildman–Crippen LogP) is 3.62. The summed E-state index contributed by atoms with van der Waals surface area (Å²) in [6, 6.07) is 14.3. The molecular weight excluding hydrogens is 378 g/mol. The second kappa shape index (κ2) is 9.57. The van der Waals surface area contributed by atoms with Crippen LogP contribution in [0.4, 0.5) is 5.69 Å². The van der Waals surface area contributed by atoms with Crippen molar-refractivity contribution in [2.24, 2.45) is 5.92 Å². The minimum absolute atomic E-state index is 0.0108. The third-order valence-electron chi connectivity index (χ3n) is 5.21. The van der Waals surface area contributed by atoms with Gasteiger partial charge in [0.15, 0.2) is 0 Å². The van der Waals surface area contributed by atoms with Crippen molar-refractivity contribution in [3.8, 4) is 0 Å². The number of nitrogens with zero attached hydrogens (tertiary/aromatic N) is 1. The zero-order valence-electron chi connectivity index (χ0n) is 17.8. The van der Waals surface area contributed by atoms with Crippen LogP contribution in [0.15, 0.2) is 48.5 Å². The molecule has 1 saturated heterocycles. The van der Waals surface area contributed by atoms with Crippen molar-refractivity contribution in [3.05, 3.63) is 65.2 Å². The van der Waals surface area contributed by atoms with Crippen LogP contribution < -0.4 is 10.6 Å². The summed E-state index contributed by atoms with van der Waals surface area (Å²) < 4.78 is 0. The smallest absolute Gasteiger partial charge is 0.255 e. The molecule has 0 spiro atoms. The van der Waals surface area contributed by atoms with E-state index in [4.69, 9.17) is 0 Å². The molecule has 1 atom stereocenters. The van der Waals surface area contributed by atoms with Crippen molar-refractivity contribution >= 4 is 23.4 Å². The number of hydrogen-bond acceptors (Lipinski definition) is 3. The van der Waals surface area contributed by atoms with Crippen LogP contribution in [-0.4, -0.2) is 41.8 Å². The molecule has 3 amide bonds. The molecule has 1 heterocycles. The van der Waals surface area contributed by atoms with E-state index in [1.807, 2.05) is 32.9 Å². The molecule has 30 heavy (non-hydrogen) atoms. The lowest BCUT2D eigenvalue weighted by Gasteiger charge is -2.32. The minimum Gasteiger partial charge on any atom is -0.354 e. The van der Waals surface area contributed by atoms with E-state index in [1.54, 1.807) is 41.3 Å². The van der Waals surface area contributed by atoms with Gasteiger partial charge >= 0.3 is 0 Å². The highest BCUT2D eigenvalue weighted by molar-refractivity contribution is 6.04. The predicted molar refractivity (Wildman–Crippen MR) is 117 cm³/mol. The summed E-state index contributed by atoms with van der Waals surface area (Å²) in [7, 11) is 0. The van der Waals surface area contributed by atoms with Crippen molar-refractivity contribution in [2.75, 3.05) is 18.4 Å². The lowest BCUT2D eigenvalue weighted by molar-refractivity contribution is -0.126. The molecule has 2 aromatic rings. The first-order valence-corrected chi connectivity index (χ1v) is 10.4. The van der Waals surface area contributed by atoms with Gasteiger partial charge in [0.25, 0.3) is 11.8 Å². The normalized spacial score (nSPS) is 16.3. The number of piperidine rings is 1. The third-order valence-corrected chi connectivity index (χ3v) is 5.21. The van der Waals surface area contributed by atoms with Gasteiger partial charge in [-0.1, -0.05) is 17.7 Å². The average Bonchev–Trinajstić information content (AvgIpc) is 2.74. The van der Waals surface area contributed by atoms with Crippen LogP contribution in [0.3, 0.4) is 0 Å². The van der Waals surface area contributed by atoms with Crippen LogP contribution in [0.2, 0.25) is 0 Å². The molecule has 6 heteroatoms. The van der Waals surface area contributed by atoms with Crippen LogP contribution in [0.1, 0.15) is 53.0 Å². The van der Waals surface area contributed by atoms with E-state index < -0.39 is 0 Å². The van der Waals surface area contributed by atoms with Crippen LogP contribution >= 0.6 is 0 Å². The summed E-state index contributed by atoms with van der Waals surface area (Å²) in [6.45, 7) is 6.92. The first-order chi connectivity index (χ1) is 14.3. The molecule has 0 aliphatic carbocycles. The van der Waals surface area contributed by atoms with Gasteiger partial charge in [0, 0.05) is 35.9 Å². The summed E-state index contributed by atoms with van der Waals surface area (Å²) in [5.41, 5.74) is 2.86. The summed E-state index contributed by atoms with van der Waals surface area (Å²) in [5.74, 6) is -0.438. The van der Waals surface area contributed by atoms with Gasteiger partial charge in [0.05, 0.1) is 5.92 Å². The van der Waals surface area contributed by atoms with Gasteiger partial charge < -0.3 is 15.5 Å². The standard InChI is InChI=1S/C24H29N3O3/c1-16(2)25-23(29)20-5-4-14-27(15-20)24(30)19-10-12-21(13-11-19)26-22(28)18-8-6-17(3)7-9-18/h6-13,16,20H,4-5,14-15H2,1-3H3,(H,25,29)(H,26,28). The highest BCUT2D eigenvalue weighted by Crippen LogP contribution is 2.20. The molecule has 1 fully saturated rings. The number of hydrogen-bond donors (Lipinski definition) is 2. The highest BCUT2D eigenvalue weighted by Gasteiger charge is 2.29. The Morgan fingerprint density at radius 1 is 0.967 bits per heavy atom. The topological polar surface area (TPSA) is 78.5 Å². The quantitative estimate of drug-likeness (QED) is 0.795. The van der Waals surface area contributed by atoms with Crippen molar-refractivity contribution in [3.63, 3.8) is 0 Å². The minimum atomic E-state index is -0.191. The van der Waals surface area contributed by atoms with Gasteiger partial charge in [-0.3, -0.25) is 14.4 Å². The molecule has 0 saturated carbocycles. The molecule has 0 aromatic heterocycles. The molecule has 1 unspecified atom stereocenters.